The van der Waals surface area contributed by atoms with Crippen LogP contribution in [0.3, 0.4) is 0 Å². The molecule has 21 heavy (non-hydrogen) atoms. The normalized spacial score (nSPS) is 12.4. The lowest BCUT2D eigenvalue weighted by Gasteiger charge is -2.11. The van der Waals surface area contributed by atoms with E-state index in [2.05, 4.69) is 34.8 Å². The highest BCUT2D eigenvalue weighted by atomic mass is 35.5. The molecular weight excluding hydrogens is 325 g/mol. The van der Waals surface area contributed by atoms with Crippen molar-refractivity contribution in [3.8, 4) is 0 Å². The summed E-state index contributed by atoms with van der Waals surface area (Å²) in [5.41, 5.74) is 1.94. The van der Waals surface area contributed by atoms with Gasteiger partial charge in [0.05, 0.1) is 5.69 Å². The van der Waals surface area contributed by atoms with Gasteiger partial charge < -0.3 is 10.6 Å². The molecule has 1 atom stereocenters. The van der Waals surface area contributed by atoms with E-state index in [0.29, 0.717) is 16.1 Å². The van der Waals surface area contributed by atoms with Gasteiger partial charge in [0.25, 0.3) is 0 Å². The fourth-order valence-corrected chi connectivity index (χ4v) is 3.25. The van der Waals surface area contributed by atoms with Crippen molar-refractivity contribution >= 4 is 45.4 Å². The van der Waals surface area contributed by atoms with Gasteiger partial charge in [-0.3, -0.25) is 0 Å². The van der Waals surface area contributed by atoms with Crippen molar-refractivity contribution in [1.82, 2.24) is 10.3 Å². The lowest BCUT2D eigenvalue weighted by atomic mass is 10.2. The molecule has 0 spiro atoms. The second-order valence-corrected chi connectivity index (χ2v) is 6.72. The minimum Gasteiger partial charge on any atom is -0.331 e. The van der Waals surface area contributed by atoms with Gasteiger partial charge in [-0.15, -0.1) is 11.3 Å². The minimum atomic E-state index is 0.431. The number of halogens is 2. The van der Waals surface area contributed by atoms with E-state index in [0.717, 1.165) is 35.9 Å². The van der Waals surface area contributed by atoms with Crippen molar-refractivity contribution in [2.45, 2.75) is 32.7 Å². The van der Waals surface area contributed by atoms with Crippen LogP contribution in [0.5, 0.6) is 0 Å². The number of nitrogens with zero attached hydrogens (tertiary/aromatic N) is 1. The number of benzene rings is 1. The van der Waals surface area contributed by atoms with Crippen LogP contribution in [0, 0.1) is 0 Å². The van der Waals surface area contributed by atoms with Crippen LogP contribution >= 0.6 is 34.5 Å². The summed E-state index contributed by atoms with van der Waals surface area (Å²) >= 11 is 13.6. The van der Waals surface area contributed by atoms with Crippen molar-refractivity contribution < 1.29 is 0 Å². The molecule has 0 saturated carbocycles. The largest absolute Gasteiger partial charge is 0.331 e. The first-order valence-corrected chi connectivity index (χ1v) is 8.61. The van der Waals surface area contributed by atoms with Gasteiger partial charge in [-0.2, -0.15) is 0 Å². The van der Waals surface area contributed by atoms with E-state index in [9.17, 15) is 0 Å². The highest BCUT2D eigenvalue weighted by Crippen LogP contribution is 2.27. The van der Waals surface area contributed by atoms with Crippen molar-refractivity contribution in [2.24, 2.45) is 0 Å². The topological polar surface area (TPSA) is 37.0 Å². The molecule has 6 heteroatoms. The van der Waals surface area contributed by atoms with E-state index >= 15 is 0 Å². The molecule has 0 fully saturated rings. The third-order valence-electron chi connectivity index (χ3n) is 2.92. The summed E-state index contributed by atoms with van der Waals surface area (Å²) in [5, 5.41) is 10.9. The molecule has 3 nitrogen and oxygen atoms in total. The summed E-state index contributed by atoms with van der Waals surface area (Å²) in [6.45, 7) is 5.39. The van der Waals surface area contributed by atoms with Crippen LogP contribution in [0.2, 0.25) is 10.0 Å². The second-order valence-electron chi connectivity index (χ2n) is 4.99. The average Bonchev–Trinajstić information content (AvgIpc) is 2.82. The molecule has 0 aliphatic carbocycles. The van der Waals surface area contributed by atoms with Crippen LogP contribution in [0.1, 0.15) is 26.0 Å². The molecule has 2 N–H and O–H groups in total. The molecular formula is C15H19Cl2N3S. The molecule has 2 rings (SSSR count). The van der Waals surface area contributed by atoms with Gasteiger partial charge >= 0.3 is 0 Å². The van der Waals surface area contributed by atoms with Gasteiger partial charge in [-0.25, -0.2) is 4.98 Å². The lowest BCUT2D eigenvalue weighted by Crippen LogP contribution is -2.28. The van der Waals surface area contributed by atoms with Crippen molar-refractivity contribution in [1.29, 1.82) is 0 Å². The molecule has 0 aliphatic heterocycles. The number of rotatable bonds is 7. The highest BCUT2D eigenvalue weighted by molar-refractivity contribution is 7.13. The molecule has 0 radical (unpaired) electrons. The van der Waals surface area contributed by atoms with Crippen molar-refractivity contribution in [2.75, 3.05) is 11.9 Å². The first kappa shape index (κ1) is 16.6. The number of aromatic nitrogens is 1. The number of hydrogen-bond donors (Lipinski definition) is 2. The van der Waals surface area contributed by atoms with Crippen LogP contribution in [-0.2, 0) is 6.42 Å². The molecule has 2 aromatic rings. The Balaban J connectivity index is 1.96. The predicted molar refractivity (Wildman–Crippen MR) is 93.3 cm³/mol. The maximum absolute atomic E-state index is 5.99. The molecule has 1 unspecified atom stereocenters. The van der Waals surface area contributed by atoms with E-state index < -0.39 is 0 Å². The summed E-state index contributed by atoms with van der Waals surface area (Å²) in [7, 11) is 0. The predicted octanol–water partition coefficient (Wildman–Crippen LogP) is 5.12. The molecule has 1 heterocycles. The van der Waals surface area contributed by atoms with Gasteiger partial charge in [0.15, 0.2) is 5.13 Å². The minimum absolute atomic E-state index is 0.431. The van der Waals surface area contributed by atoms with E-state index in [-0.39, 0.29) is 0 Å². The first-order chi connectivity index (χ1) is 10.1. The molecule has 0 bridgehead atoms. The van der Waals surface area contributed by atoms with E-state index in [1.807, 2.05) is 12.1 Å². The molecule has 1 aromatic heterocycles. The lowest BCUT2D eigenvalue weighted by molar-refractivity contribution is 0.540. The molecule has 114 valence electrons. The smallest absolute Gasteiger partial charge is 0.187 e. The van der Waals surface area contributed by atoms with Gasteiger partial charge in [0.2, 0.25) is 0 Å². The van der Waals surface area contributed by atoms with E-state index in [4.69, 9.17) is 23.2 Å². The fourth-order valence-electron chi connectivity index (χ4n) is 1.98. The van der Waals surface area contributed by atoms with Crippen LogP contribution < -0.4 is 10.6 Å². The Bertz CT molecular complexity index is 566. The van der Waals surface area contributed by atoms with Gasteiger partial charge in [0, 0.05) is 33.6 Å². The van der Waals surface area contributed by atoms with Crippen molar-refractivity contribution in [3.05, 3.63) is 39.3 Å². The Kier molecular flexibility index (Phi) is 6.30. The van der Waals surface area contributed by atoms with Gasteiger partial charge in [-0.1, -0.05) is 30.1 Å². The Morgan fingerprint density at radius 1 is 1.24 bits per heavy atom. The maximum Gasteiger partial charge on any atom is 0.187 e. The Hall–Kier alpha value is -0.810. The standard InChI is InChI=1S/C15H19Cl2N3S/c1-3-4-18-10(2)5-14-9-21-15(20-14)19-13-7-11(16)6-12(17)8-13/h6-10,18H,3-5H2,1-2H3,(H,19,20). The Morgan fingerprint density at radius 3 is 2.62 bits per heavy atom. The summed E-state index contributed by atoms with van der Waals surface area (Å²) < 4.78 is 0. The zero-order valence-corrected chi connectivity index (χ0v) is 14.4. The summed E-state index contributed by atoms with van der Waals surface area (Å²) in [4.78, 5) is 4.59. The number of anilines is 2. The van der Waals surface area contributed by atoms with Crippen LogP contribution in [0.15, 0.2) is 23.6 Å². The van der Waals surface area contributed by atoms with Crippen LogP contribution in [-0.4, -0.2) is 17.6 Å². The maximum atomic E-state index is 5.99. The van der Waals surface area contributed by atoms with E-state index in [1.54, 1.807) is 17.4 Å². The summed E-state index contributed by atoms with van der Waals surface area (Å²) in [5.74, 6) is 0. The molecule has 1 aromatic carbocycles. The zero-order valence-electron chi connectivity index (χ0n) is 12.1. The Labute approximate surface area is 139 Å². The summed E-state index contributed by atoms with van der Waals surface area (Å²) in [6.07, 6.45) is 2.07. The molecule has 0 aliphatic rings. The molecule has 0 amide bonds. The zero-order chi connectivity index (χ0) is 15.2. The first-order valence-electron chi connectivity index (χ1n) is 6.97. The van der Waals surface area contributed by atoms with Crippen LogP contribution in [0.25, 0.3) is 0 Å². The summed E-state index contributed by atoms with van der Waals surface area (Å²) in [6, 6.07) is 5.81. The highest BCUT2D eigenvalue weighted by Gasteiger charge is 2.07. The van der Waals surface area contributed by atoms with Crippen molar-refractivity contribution in [3.63, 3.8) is 0 Å². The number of thiazole rings is 1. The van der Waals surface area contributed by atoms with E-state index in [1.165, 1.54) is 0 Å². The second kappa shape index (κ2) is 7.99. The van der Waals surface area contributed by atoms with Gasteiger partial charge in [0.1, 0.15) is 0 Å². The van der Waals surface area contributed by atoms with Gasteiger partial charge in [-0.05, 0) is 38.1 Å². The molecule has 0 saturated heterocycles. The quantitative estimate of drug-likeness (QED) is 0.732. The number of nitrogens with one attached hydrogen (secondary N) is 2. The average molecular weight is 344 g/mol. The Morgan fingerprint density at radius 2 is 1.95 bits per heavy atom. The monoisotopic (exact) mass is 343 g/mol. The third kappa shape index (κ3) is 5.47. The third-order valence-corrected chi connectivity index (χ3v) is 4.17. The number of hydrogen-bond acceptors (Lipinski definition) is 4. The van der Waals surface area contributed by atoms with Crippen LogP contribution in [0.4, 0.5) is 10.8 Å². The SMILES string of the molecule is CCCNC(C)Cc1csc(Nc2cc(Cl)cc(Cl)c2)n1. The fraction of sp³-hybridized carbons (Fsp3) is 0.400.